The molecule has 4 nitrogen and oxygen atoms in total. The summed E-state index contributed by atoms with van der Waals surface area (Å²) in [6.07, 6.45) is 0.294. The quantitative estimate of drug-likeness (QED) is 0.755. The first kappa shape index (κ1) is 17.2. The van der Waals surface area contributed by atoms with Gasteiger partial charge in [-0.25, -0.2) is 0 Å². The second-order valence-corrected chi connectivity index (χ2v) is 6.01. The average Bonchev–Trinajstić information content (AvgIpc) is 2.66. The number of hydrogen-bond acceptors (Lipinski definition) is 4. The van der Waals surface area contributed by atoms with E-state index in [1.54, 1.807) is 0 Å². The maximum atomic E-state index is 5.92. The second-order valence-electron chi connectivity index (χ2n) is 6.01. The SMILES string of the molecule is Cc1cc(CN(C)CCOC(C)C)oc1CNC(C)C. The molecule has 0 spiro atoms. The number of nitrogens with zero attached hydrogens (tertiary/aromatic N) is 1. The smallest absolute Gasteiger partial charge is 0.120 e. The van der Waals surface area contributed by atoms with Gasteiger partial charge in [-0.2, -0.15) is 0 Å². The monoisotopic (exact) mass is 282 g/mol. The summed E-state index contributed by atoms with van der Waals surface area (Å²) in [4.78, 5) is 2.22. The molecule has 1 aromatic rings. The standard InChI is InChI=1S/C16H30N2O2/c1-12(2)17-10-16-14(5)9-15(20-16)11-18(6)7-8-19-13(3)4/h9,12-13,17H,7-8,10-11H2,1-6H3. The van der Waals surface area contributed by atoms with Crippen LogP contribution in [-0.2, 0) is 17.8 Å². The molecule has 1 rings (SSSR count). The number of nitrogens with one attached hydrogen (secondary N) is 1. The summed E-state index contributed by atoms with van der Waals surface area (Å²) < 4.78 is 11.5. The third kappa shape index (κ3) is 6.55. The van der Waals surface area contributed by atoms with Crippen LogP contribution in [0.3, 0.4) is 0 Å². The molecule has 0 unspecified atom stereocenters. The number of aryl methyl sites for hydroxylation is 1. The van der Waals surface area contributed by atoms with Gasteiger partial charge in [0, 0.05) is 12.6 Å². The highest BCUT2D eigenvalue weighted by molar-refractivity contribution is 5.20. The van der Waals surface area contributed by atoms with E-state index in [1.165, 1.54) is 5.56 Å². The van der Waals surface area contributed by atoms with E-state index in [0.717, 1.165) is 37.8 Å². The molecular formula is C16H30N2O2. The number of hydrogen-bond donors (Lipinski definition) is 1. The summed E-state index contributed by atoms with van der Waals surface area (Å²) in [6, 6.07) is 2.61. The number of likely N-dealkylation sites (N-methyl/N-ethyl adjacent to an activating group) is 1. The van der Waals surface area contributed by atoms with Gasteiger partial charge < -0.3 is 14.5 Å². The van der Waals surface area contributed by atoms with Crippen molar-refractivity contribution in [1.82, 2.24) is 10.2 Å². The summed E-state index contributed by atoms with van der Waals surface area (Å²) in [7, 11) is 2.09. The largest absolute Gasteiger partial charge is 0.463 e. The van der Waals surface area contributed by atoms with E-state index in [2.05, 4.69) is 57.9 Å². The summed E-state index contributed by atoms with van der Waals surface area (Å²) >= 11 is 0. The van der Waals surface area contributed by atoms with E-state index in [1.807, 2.05) is 0 Å². The van der Waals surface area contributed by atoms with Gasteiger partial charge in [-0.1, -0.05) is 13.8 Å². The van der Waals surface area contributed by atoms with Crippen LogP contribution >= 0.6 is 0 Å². The lowest BCUT2D eigenvalue weighted by atomic mass is 10.2. The molecule has 0 saturated carbocycles. The molecule has 0 atom stereocenters. The highest BCUT2D eigenvalue weighted by atomic mass is 16.5. The molecule has 1 N–H and O–H groups in total. The minimum Gasteiger partial charge on any atom is -0.463 e. The fraction of sp³-hybridized carbons (Fsp3) is 0.750. The molecule has 0 radical (unpaired) electrons. The van der Waals surface area contributed by atoms with E-state index < -0.39 is 0 Å². The van der Waals surface area contributed by atoms with Crippen molar-refractivity contribution in [2.75, 3.05) is 20.2 Å². The van der Waals surface area contributed by atoms with E-state index in [9.17, 15) is 0 Å². The third-order valence-corrected chi connectivity index (χ3v) is 3.09. The van der Waals surface area contributed by atoms with Crippen LogP contribution in [0.25, 0.3) is 0 Å². The minimum absolute atomic E-state index is 0.294. The highest BCUT2D eigenvalue weighted by Gasteiger charge is 2.10. The molecule has 0 bridgehead atoms. The summed E-state index contributed by atoms with van der Waals surface area (Å²) in [5.74, 6) is 2.07. The maximum absolute atomic E-state index is 5.92. The Kier molecular flexibility index (Phi) is 7.27. The van der Waals surface area contributed by atoms with Gasteiger partial charge in [0.25, 0.3) is 0 Å². The minimum atomic E-state index is 0.294. The van der Waals surface area contributed by atoms with Crippen molar-refractivity contribution in [2.24, 2.45) is 0 Å². The Bertz CT molecular complexity index is 386. The second kappa shape index (κ2) is 8.45. The van der Waals surface area contributed by atoms with E-state index in [0.29, 0.717) is 12.1 Å². The average molecular weight is 282 g/mol. The molecule has 0 aliphatic carbocycles. The molecule has 1 heterocycles. The van der Waals surface area contributed by atoms with Crippen LogP contribution in [0.2, 0.25) is 0 Å². The summed E-state index contributed by atoms with van der Waals surface area (Å²) in [5, 5.41) is 3.39. The molecule has 0 saturated heterocycles. The Hall–Kier alpha value is -0.840. The number of ether oxygens (including phenoxy) is 1. The van der Waals surface area contributed by atoms with Crippen LogP contribution in [0.15, 0.2) is 10.5 Å². The number of furan rings is 1. The predicted octanol–water partition coefficient (Wildman–Crippen LogP) is 2.94. The molecule has 4 heteroatoms. The first-order chi connectivity index (χ1) is 9.38. The van der Waals surface area contributed by atoms with Gasteiger partial charge in [-0.15, -0.1) is 0 Å². The van der Waals surface area contributed by atoms with Gasteiger partial charge in [0.05, 0.1) is 25.8 Å². The van der Waals surface area contributed by atoms with Gasteiger partial charge in [-0.05, 0) is 39.4 Å². The zero-order chi connectivity index (χ0) is 15.1. The van der Waals surface area contributed by atoms with E-state index >= 15 is 0 Å². The maximum Gasteiger partial charge on any atom is 0.120 e. The van der Waals surface area contributed by atoms with Gasteiger partial charge >= 0.3 is 0 Å². The molecule has 0 fully saturated rings. The van der Waals surface area contributed by atoms with Crippen LogP contribution in [0.1, 0.15) is 44.8 Å². The van der Waals surface area contributed by atoms with Crippen LogP contribution in [-0.4, -0.2) is 37.2 Å². The molecule has 0 aromatic carbocycles. The fourth-order valence-corrected chi connectivity index (χ4v) is 1.93. The lowest BCUT2D eigenvalue weighted by molar-refractivity contribution is 0.0616. The van der Waals surface area contributed by atoms with Crippen molar-refractivity contribution in [1.29, 1.82) is 0 Å². The summed E-state index contributed by atoms with van der Waals surface area (Å²) in [6.45, 7) is 13.8. The van der Waals surface area contributed by atoms with Gasteiger partial charge in [-0.3, -0.25) is 4.90 Å². The Morgan fingerprint density at radius 2 is 2.00 bits per heavy atom. The predicted molar refractivity (Wildman–Crippen MR) is 82.8 cm³/mol. The normalized spacial score (nSPS) is 12.1. The first-order valence-corrected chi connectivity index (χ1v) is 7.50. The van der Waals surface area contributed by atoms with Gasteiger partial charge in [0.2, 0.25) is 0 Å². The fourth-order valence-electron chi connectivity index (χ4n) is 1.93. The molecule has 0 aliphatic heterocycles. The molecule has 20 heavy (non-hydrogen) atoms. The van der Waals surface area contributed by atoms with Crippen molar-refractivity contribution in [3.8, 4) is 0 Å². The van der Waals surface area contributed by atoms with Crippen LogP contribution in [0, 0.1) is 6.92 Å². The zero-order valence-electron chi connectivity index (χ0n) is 13.8. The third-order valence-electron chi connectivity index (χ3n) is 3.09. The Balaban J connectivity index is 2.41. The first-order valence-electron chi connectivity index (χ1n) is 7.50. The molecule has 0 amide bonds. The van der Waals surface area contributed by atoms with Gasteiger partial charge in [0.1, 0.15) is 11.5 Å². The molecule has 0 aliphatic rings. The van der Waals surface area contributed by atoms with Crippen molar-refractivity contribution in [3.63, 3.8) is 0 Å². The van der Waals surface area contributed by atoms with Crippen molar-refractivity contribution in [2.45, 2.75) is 59.9 Å². The molecular weight excluding hydrogens is 252 g/mol. The van der Waals surface area contributed by atoms with Crippen LogP contribution in [0.5, 0.6) is 0 Å². The zero-order valence-corrected chi connectivity index (χ0v) is 13.8. The van der Waals surface area contributed by atoms with Crippen molar-refractivity contribution in [3.05, 3.63) is 23.2 Å². The van der Waals surface area contributed by atoms with E-state index in [4.69, 9.17) is 9.15 Å². The lowest BCUT2D eigenvalue weighted by Crippen LogP contribution is -2.23. The Morgan fingerprint density at radius 3 is 2.60 bits per heavy atom. The van der Waals surface area contributed by atoms with Crippen LogP contribution < -0.4 is 5.32 Å². The van der Waals surface area contributed by atoms with E-state index in [-0.39, 0.29) is 0 Å². The van der Waals surface area contributed by atoms with Crippen LogP contribution in [0.4, 0.5) is 0 Å². The number of rotatable bonds is 9. The lowest BCUT2D eigenvalue weighted by Gasteiger charge is -2.16. The molecule has 116 valence electrons. The summed E-state index contributed by atoms with van der Waals surface area (Å²) in [5.41, 5.74) is 1.22. The van der Waals surface area contributed by atoms with Crippen molar-refractivity contribution < 1.29 is 9.15 Å². The van der Waals surface area contributed by atoms with Crippen molar-refractivity contribution >= 4 is 0 Å². The topological polar surface area (TPSA) is 37.6 Å². The highest BCUT2D eigenvalue weighted by Crippen LogP contribution is 2.16. The van der Waals surface area contributed by atoms with Gasteiger partial charge in [0.15, 0.2) is 0 Å². The Morgan fingerprint density at radius 1 is 1.30 bits per heavy atom. The Labute approximate surface area is 123 Å². The molecule has 1 aromatic heterocycles.